The number of ether oxygens (including phenoxy) is 1. The summed E-state index contributed by atoms with van der Waals surface area (Å²) in [4.78, 5) is 16.0. The minimum atomic E-state index is -0.331. The maximum Gasteiger partial charge on any atom is 0.310 e. The average Bonchev–Trinajstić information content (AvgIpc) is 2.54. The van der Waals surface area contributed by atoms with E-state index in [1.54, 1.807) is 25.3 Å². The zero-order chi connectivity index (χ0) is 16.1. The third-order valence-electron chi connectivity index (χ3n) is 3.55. The molecule has 1 aromatic heterocycles. The maximum atomic E-state index is 11.7. The number of hydrogen-bond donors (Lipinski definition) is 3. The highest BCUT2D eigenvalue weighted by atomic mass is 16.5. The molecule has 6 heteroatoms. The molecule has 0 aliphatic heterocycles. The molecule has 0 saturated heterocycles. The molecular formula is C16H20N2O4. The van der Waals surface area contributed by atoms with Crippen molar-refractivity contribution in [1.82, 2.24) is 4.98 Å². The fourth-order valence-electron chi connectivity index (χ4n) is 2.45. The van der Waals surface area contributed by atoms with Crippen LogP contribution in [0.5, 0.6) is 0 Å². The average molecular weight is 304 g/mol. The predicted molar refractivity (Wildman–Crippen MR) is 81.8 cm³/mol. The predicted octanol–water partition coefficient (Wildman–Crippen LogP) is 0.784. The van der Waals surface area contributed by atoms with Crippen LogP contribution in [0.1, 0.15) is 29.3 Å². The lowest BCUT2D eigenvalue weighted by Gasteiger charge is -2.13. The number of aromatic nitrogens is 1. The van der Waals surface area contributed by atoms with E-state index in [0.717, 1.165) is 10.8 Å². The van der Waals surface area contributed by atoms with Crippen LogP contribution in [0.25, 0.3) is 10.8 Å². The number of esters is 1. The summed E-state index contributed by atoms with van der Waals surface area (Å²) in [5.74, 6) is -0.331. The first-order valence-corrected chi connectivity index (χ1v) is 7.14. The van der Waals surface area contributed by atoms with Gasteiger partial charge in [-0.1, -0.05) is 0 Å². The molecule has 0 spiro atoms. The summed E-state index contributed by atoms with van der Waals surface area (Å²) in [5, 5.41) is 20.4. The van der Waals surface area contributed by atoms with Gasteiger partial charge in [0.1, 0.15) is 0 Å². The summed E-state index contributed by atoms with van der Waals surface area (Å²) >= 11 is 0. The molecule has 118 valence electrons. The van der Waals surface area contributed by atoms with Crippen LogP contribution in [-0.2, 0) is 35.7 Å². The van der Waals surface area contributed by atoms with Crippen LogP contribution in [0.4, 0.5) is 0 Å². The first kappa shape index (κ1) is 16.4. The van der Waals surface area contributed by atoms with Gasteiger partial charge in [-0.2, -0.15) is 0 Å². The second-order valence-corrected chi connectivity index (χ2v) is 4.90. The molecule has 0 unspecified atom stereocenters. The topological polar surface area (TPSA) is 106 Å². The maximum absolute atomic E-state index is 11.7. The van der Waals surface area contributed by atoms with Crippen molar-refractivity contribution >= 4 is 16.7 Å². The Hall–Kier alpha value is -2.02. The number of rotatable bonds is 6. The van der Waals surface area contributed by atoms with Crippen LogP contribution in [0.2, 0.25) is 0 Å². The van der Waals surface area contributed by atoms with Gasteiger partial charge in [-0.25, -0.2) is 0 Å². The van der Waals surface area contributed by atoms with E-state index in [1.807, 2.05) is 0 Å². The van der Waals surface area contributed by atoms with Gasteiger partial charge in [0.05, 0.1) is 31.9 Å². The first-order valence-electron chi connectivity index (χ1n) is 7.14. The first-order chi connectivity index (χ1) is 10.6. The van der Waals surface area contributed by atoms with Crippen molar-refractivity contribution < 1.29 is 19.7 Å². The number of fused-ring (bicyclic) bond motifs is 1. The Morgan fingerprint density at radius 2 is 1.82 bits per heavy atom. The van der Waals surface area contributed by atoms with Gasteiger partial charge in [-0.05, 0) is 41.1 Å². The van der Waals surface area contributed by atoms with Crippen LogP contribution in [0.15, 0.2) is 18.3 Å². The number of carbonyl (C=O) groups excluding carboxylic acids is 1. The molecule has 1 aromatic carbocycles. The molecule has 0 aliphatic carbocycles. The fourth-order valence-corrected chi connectivity index (χ4v) is 2.45. The largest absolute Gasteiger partial charge is 0.466 e. The zero-order valence-corrected chi connectivity index (χ0v) is 12.5. The fraction of sp³-hybridized carbons (Fsp3) is 0.375. The summed E-state index contributed by atoms with van der Waals surface area (Å²) in [7, 11) is 0. The Labute approximate surface area is 128 Å². The highest BCUT2D eigenvalue weighted by molar-refractivity contribution is 5.91. The highest BCUT2D eigenvalue weighted by Crippen LogP contribution is 2.26. The molecule has 0 aliphatic rings. The Kier molecular flexibility index (Phi) is 5.43. The SMILES string of the molecule is CCOC(=O)Cc1cnc(CN)c2cc(CO)c(CO)cc12. The van der Waals surface area contributed by atoms with Crippen LogP contribution in [0.3, 0.4) is 0 Å². The molecule has 0 radical (unpaired) electrons. The van der Waals surface area contributed by atoms with Crippen LogP contribution < -0.4 is 5.73 Å². The lowest BCUT2D eigenvalue weighted by molar-refractivity contribution is -0.142. The minimum Gasteiger partial charge on any atom is -0.466 e. The lowest BCUT2D eigenvalue weighted by atomic mass is 9.97. The Morgan fingerprint density at radius 3 is 2.36 bits per heavy atom. The van der Waals surface area contributed by atoms with Gasteiger partial charge in [0.15, 0.2) is 0 Å². The van der Waals surface area contributed by atoms with E-state index in [4.69, 9.17) is 10.5 Å². The molecule has 0 fully saturated rings. The van der Waals surface area contributed by atoms with Crippen molar-refractivity contribution in [2.45, 2.75) is 33.1 Å². The molecule has 0 atom stereocenters. The summed E-state index contributed by atoms with van der Waals surface area (Å²) < 4.78 is 4.97. The molecule has 2 aromatic rings. The van der Waals surface area contributed by atoms with E-state index >= 15 is 0 Å². The Bertz CT molecular complexity index is 685. The smallest absolute Gasteiger partial charge is 0.310 e. The van der Waals surface area contributed by atoms with Gasteiger partial charge in [-0.15, -0.1) is 0 Å². The number of carbonyl (C=O) groups is 1. The number of aliphatic hydroxyl groups excluding tert-OH is 2. The molecular weight excluding hydrogens is 284 g/mol. The Morgan fingerprint density at radius 1 is 1.18 bits per heavy atom. The van der Waals surface area contributed by atoms with Crippen molar-refractivity contribution in [3.8, 4) is 0 Å². The van der Waals surface area contributed by atoms with Gasteiger partial charge in [0, 0.05) is 18.1 Å². The number of benzene rings is 1. The molecule has 0 saturated carbocycles. The van der Waals surface area contributed by atoms with E-state index in [1.165, 1.54) is 0 Å². The quantitative estimate of drug-likeness (QED) is 0.681. The second-order valence-electron chi connectivity index (χ2n) is 4.90. The summed E-state index contributed by atoms with van der Waals surface area (Å²) in [6, 6.07) is 3.54. The number of aliphatic hydroxyl groups is 2. The van der Waals surface area contributed by atoms with Gasteiger partial charge < -0.3 is 20.7 Å². The van der Waals surface area contributed by atoms with Crippen molar-refractivity contribution in [2.75, 3.05) is 6.61 Å². The van der Waals surface area contributed by atoms with Crippen molar-refractivity contribution in [3.63, 3.8) is 0 Å². The normalized spacial score (nSPS) is 10.9. The Balaban J connectivity index is 2.60. The standard InChI is InChI=1S/C16H20N2O4/c1-2-22-16(21)5-10-7-18-15(6-17)14-4-12(9-20)11(8-19)3-13(10)14/h3-4,7,19-20H,2,5-6,8-9,17H2,1H3. The molecule has 4 N–H and O–H groups in total. The molecule has 2 rings (SSSR count). The van der Waals surface area contributed by atoms with Gasteiger partial charge in [0.2, 0.25) is 0 Å². The zero-order valence-electron chi connectivity index (χ0n) is 12.5. The molecule has 0 amide bonds. The molecule has 6 nitrogen and oxygen atoms in total. The number of nitrogens with two attached hydrogens (primary N) is 1. The second kappa shape index (κ2) is 7.31. The summed E-state index contributed by atoms with van der Waals surface area (Å²) in [5.41, 5.74) is 8.35. The van der Waals surface area contributed by atoms with E-state index < -0.39 is 0 Å². The number of nitrogens with zero attached hydrogens (tertiary/aromatic N) is 1. The van der Waals surface area contributed by atoms with Crippen molar-refractivity contribution in [2.24, 2.45) is 5.73 Å². The number of pyridine rings is 1. The highest BCUT2D eigenvalue weighted by Gasteiger charge is 2.14. The van der Waals surface area contributed by atoms with Crippen molar-refractivity contribution in [3.05, 3.63) is 40.7 Å². The van der Waals surface area contributed by atoms with Gasteiger partial charge in [-0.3, -0.25) is 9.78 Å². The number of hydrogen-bond acceptors (Lipinski definition) is 6. The molecule has 22 heavy (non-hydrogen) atoms. The minimum absolute atomic E-state index is 0.103. The molecule has 0 bridgehead atoms. The lowest BCUT2D eigenvalue weighted by Crippen LogP contribution is -2.10. The molecule has 1 heterocycles. The third-order valence-corrected chi connectivity index (χ3v) is 3.55. The summed E-state index contributed by atoms with van der Waals surface area (Å²) in [6.07, 6.45) is 1.72. The monoisotopic (exact) mass is 304 g/mol. The third kappa shape index (κ3) is 3.24. The van der Waals surface area contributed by atoms with Crippen LogP contribution >= 0.6 is 0 Å². The van der Waals surface area contributed by atoms with E-state index in [2.05, 4.69) is 4.98 Å². The van der Waals surface area contributed by atoms with Crippen molar-refractivity contribution in [1.29, 1.82) is 0 Å². The van der Waals surface area contributed by atoms with E-state index in [0.29, 0.717) is 29.0 Å². The van der Waals surface area contributed by atoms with E-state index in [9.17, 15) is 15.0 Å². The van der Waals surface area contributed by atoms with E-state index in [-0.39, 0.29) is 32.1 Å². The van der Waals surface area contributed by atoms with Crippen LogP contribution in [0, 0.1) is 0 Å². The van der Waals surface area contributed by atoms with Crippen LogP contribution in [-0.4, -0.2) is 27.8 Å². The summed E-state index contributed by atoms with van der Waals surface area (Å²) in [6.45, 7) is 1.95. The van der Waals surface area contributed by atoms with Gasteiger partial charge in [0.25, 0.3) is 0 Å². The van der Waals surface area contributed by atoms with Gasteiger partial charge >= 0.3 is 5.97 Å².